The van der Waals surface area contributed by atoms with Gasteiger partial charge in [0.05, 0.1) is 18.4 Å². The molecule has 0 amide bonds. The number of rotatable bonds is 8. The molecule has 2 aliphatic heterocycles. The molecular weight excluding hydrogens is 320 g/mol. The first-order valence-electron chi connectivity index (χ1n) is 9.21. The van der Waals surface area contributed by atoms with Gasteiger partial charge in [0.15, 0.2) is 0 Å². The summed E-state index contributed by atoms with van der Waals surface area (Å²) in [6.07, 6.45) is 2.63. The van der Waals surface area contributed by atoms with Crippen molar-refractivity contribution in [2.75, 3.05) is 49.7 Å². The Morgan fingerprint density at radius 1 is 1.36 bits per heavy atom. The van der Waals surface area contributed by atoms with Gasteiger partial charge in [-0.15, -0.1) is 0 Å². The number of hydrogen-bond acceptors (Lipinski definition) is 7. The molecule has 3 heterocycles. The van der Waals surface area contributed by atoms with Gasteiger partial charge in [-0.1, -0.05) is 13.8 Å². The smallest absolute Gasteiger partial charge is 0.227 e. The number of ether oxygens (including phenoxy) is 1. The Labute approximate surface area is 149 Å². The van der Waals surface area contributed by atoms with E-state index in [4.69, 9.17) is 9.72 Å². The fourth-order valence-corrected chi connectivity index (χ4v) is 3.14. The van der Waals surface area contributed by atoms with Gasteiger partial charge in [-0.05, 0) is 24.7 Å². The molecule has 0 radical (unpaired) electrons. The van der Waals surface area contributed by atoms with Gasteiger partial charge in [0, 0.05) is 44.8 Å². The standard InChI is InChI=1S/C18H30N4O3/c1-18(2,12-23)5-3-6-19-16-8-15(13-4-7-25-11-13)20-17(21-16)22-9-14(24)10-22/h8,13-14,23-24H,3-7,9-12H2,1-2H3,(H,19,20,21)/t13-/m1/s1. The average Bonchev–Trinajstić information content (AvgIpc) is 3.10. The molecule has 0 bridgehead atoms. The number of nitrogens with one attached hydrogen (secondary N) is 1. The minimum atomic E-state index is -0.279. The van der Waals surface area contributed by atoms with E-state index in [1.807, 2.05) is 11.0 Å². The number of hydrogen-bond donors (Lipinski definition) is 3. The van der Waals surface area contributed by atoms with Crippen molar-refractivity contribution >= 4 is 11.8 Å². The van der Waals surface area contributed by atoms with E-state index in [0.717, 1.165) is 43.9 Å². The summed E-state index contributed by atoms with van der Waals surface area (Å²) < 4.78 is 5.50. The van der Waals surface area contributed by atoms with E-state index in [9.17, 15) is 10.2 Å². The summed E-state index contributed by atoms with van der Waals surface area (Å²) in [7, 11) is 0. The zero-order valence-corrected chi connectivity index (χ0v) is 15.2. The van der Waals surface area contributed by atoms with Crippen molar-refractivity contribution < 1.29 is 14.9 Å². The van der Waals surface area contributed by atoms with Crippen molar-refractivity contribution in [3.8, 4) is 0 Å². The van der Waals surface area contributed by atoms with Crippen LogP contribution in [0.5, 0.6) is 0 Å². The lowest BCUT2D eigenvalue weighted by atomic mass is 9.89. The largest absolute Gasteiger partial charge is 0.396 e. The zero-order valence-electron chi connectivity index (χ0n) is 15.2. The summed E-state index contributed by atoms with van der Waals surface area (Å²) in [5, 5.41) is 22.3. The molecule has 3 N–H and O–H groups in total. The minimum absolute atomic E-state index is 0.0430. The highest BCUT2D eigenvalue weighted by atomic mass is 16.5. The van der Waals surface area contributed by atoms with Gasteiger partial charge in [0.25, 0.3) is 0 Å². The van der Waals surface area contributed by atoms with Crippen molar-refractivity contribution in [1.82, 2.24) is 9.97 Å². The van der Waals surface area contributed by atoms with Gasteiger partial charge in [-0.3, -0.25) is 0 Å². The van der Waals surface area contributed by atoms with Crippen molar-refractivity contribution in [3.05, 3.63) is 11.8 Å². The normalized spacial score (nSPS) is 21.4. The van der Waals surface area contributed by atoms with Crippen LogP contribution in [-0.4, -0.2) is 65.7 Å². The Morgan fingerprint density at radius 2 is 2.16 bits per heavy atom. The molecule has 0 unspecified atom stereocenters. The molecule has 1 atom stereocenters. The van der Waals surface area contributed by atoms with Crippen LogP contribution >= 0.6 is 0 Å². The van der Waals surface area contributed by atoms with E-state index >= 15 is 0 Å². The lowest BCUT2D eigenvalue weighted by Crippen LogP contribution is -2.51. The quantitative estimate of drug-likeness (QED) is 0.610. The van der Waals surface area contributed by atoms with E-state index < -0.39 is 0 Å². The molecule has 0 spiro atoms. The highest BCUT2D eigenvalue weighted by molar-refractivity contribution is 5.46. The maximum Gasteiger partial charge on any atom is 0.227 e. The van der Waals surface area contributed by atoms with Gasteiger partial charge in [0.2, 0.25) is 5.95 Å². The van der Waals surface area contributed by atoms with Gasteiger partial charge >= 0.3 is 0 Å². The summed E-state index contributed by atoms with van der Waals surface area (Å²) in [6.45, 7) is 7.83. The SMILES string of the molecule is CC(C)(CO)CCCNc1cc([C@@H]2CCOC2)nc(N2CC(O)C2)n1. The molecule has 140 valence electrons. The third-order valence-electron chi connectivity index (χ3n) is 4.99. The highest BCUT2D eigenvalue weighted by Crippen LogP contribution is 2.28. The minimum Gasteiger partial charge on any atom is -0.396 e. The van der Waals surface area contributed by atoms with Crippen molar-refractivity contribution in [3.63, 3.8) is 0 Å². The molecule has 2 saturated heterocycles. The molecule has 1 aromatic heterocycles. The van der Waals surface area contributed by atoms with Crippen LogP contribution < -0.4 is 10.2 Å². The lowest BCUT2D eigenvalue weighted by molar-refractivity contribution is 0.140. The molecule has 2 aliphatic rings. The fraction of sp³-hybridized carbons (Fsp3) is 0.778. The average molecular weight is 350 g/mol. The number of aliphatic hydroxyl groups excluding tert-OH is 2. The van der Waals surface area contributed by atoms with Crippen molar-refractivity contribution in [2.24, 2.45) is 5.41 Å². The number of anilines is 2. The van der Waals surface area contributed by atoms with Crippen LogP contribution in [0.1, 0.15) is 44.7 Å². The second-order valence-corrected chi connectivity index (χ2v) is 7.95. The third kappa shape index (κ3) is 4.80. The van der Waals surface area contributed by atoms with Crippen LogP contribution in [0, 0.1) is 5.41 Å². The molecule has 0 aliphatic carbocycles. The van der Waals surface area contributed by atoms with Gasteiger partial charge in [-0.25, -0.2) is 4.98 Å². The van der Waals surface area contributed by atoms with Crippen molar-refractivity contribution in [1.29, 1.82) is 0 Å². The number of aliphatic hydroxyl groups is 2. The van der Waals surface area contributed by atoms with E-state index in [-0.39, 0.29) is 18.1 Å². The predicted octanol–water partition coefficient (Wildman–Crippen LogP) is 1.37. The molecule has 25 heavy (non-hydrogen) atoms. The number of aromatic nitrogens is 2. The molecule has 7 heteroatoms. The van der Waals surface area contributed by atoms with Crippen LogP contribution in [0.25, 0.3) is 0 Å². The first-order chi connectivity index (χ1) is 12.0. The van der Waals surface area contributed by atoms with Gasteiger partial charge in [0.1, 0.15) is 5.82 Å². The first kappa shape index (κ1) is 18.4. The van der Waals surface area contributed by atoms with E-state index in [0.29, 0.717) is 31.6 Å². The maximum atomic E-state index is 9.55. The summed E-state index contributed by atoms with van der Waals surface area (Å²) in [6, 6.07) is 2.02. The predicted molar refractivity (Wildman–Crippen MR) is 97.0 cm³/mol. The summed E-state index contributed by atoms with van der Waals surface area (Å²) in [5.41, 5.74) is 0.973. The zero-order chi connectivity index (χ0) is 17.9. The molecule has 2 fully saturated rings. The number of nitrogens with zero attached hydrogens (tertiary/aromatic N) is 3. The molecule has 0 saturated carbocycles. The highest BCUT2D eigenvalue weighted by Gasteiger charge is 2.28. The van der Waals surface area contributed by atoms with Gasteiger partial charge < -0.3 is 25.2 Å². The Bertz CT molecular complexity index is 569. The van der Waals surface area contributed by atoms with E-state index in [1.165, 1.54) is 0 Å². The molecule has 1 aromatic rings. The van der Waals surface area contributed by atoms with Crippen LogP contribution in [0.4, 0.5) is 11.8 Å². The number of β-amino-alcohol motifs (C(OH)–C–C–N with tert-alkyl or cyclic N) is 1. The fourth-order valence-electron chi connectivity index (χ4n) is 3.14. The van der Waals surface area contributed by atoms with E-state index in [2.05, 4.69) is 24.1 Å². The Hall–Kier alpha value is -1.44. The third-order valence-corrected chi connectivity index (χ3v) is 4.99. The molecular formula is C18H30N4O3. The summed E-state index contributed by atoms with van der Waals surface area (Å²) in [4.78, 5) is 11.3. The summed E-state index contributed by atoms with van der Waals surface area (Å²) >= 11 is 0. The molecule has 0 aromatic carbocycles. The van der Waals surface area contributed by atoms with E-state index in [1.54, 1.807) is 0 Å². The van der Waals surface area contributed by atoms with Gasteiger partial charge in [-0.2, -0.15) is 4.98 Å². The maximum absolute atomic E-state index is 9.55. The van der Waals surface area contributed by atoms with Crippen LogP contribution in [0.3, 0.4) is 0 Å². The van der Waals surface area contributed by atoms with Crippen LogP contribution in [0.2, 0.25) is 0 Å². The lowest BCUT2D eigenvalue weighted by Gasteiger charge is -2.36. The summed E-state index contributed by atoms with van der Waals surface area (Å²) in [5.74, 6) is 1.84. The first-order valence-corrected chi connectivity index (χ1v) is 9.21. The topological polar surface area (TPSA) is 90.7 Å². The Balaban J connectivity index is 1.64. The Morgan fingerprint density at radius 3 is 2.80 bits per heavy atom. The molecule has 3 rings (SSSR count). The second-order valence-electron chi connectivity index (χ2n) is 7.95. The molecule has 7 nitrogen and oxygen atoms in total. The Kier molecular flexibility index (Phi) is 5.76. The monoisotopic (exact) mass is 350 g/mol. The van der Waals surface area contributed by atoms with Crippen LogP contribution in [-0.2, 0) is 4.74 Å². The second kappa shape index (κ2) is 7.85. The van der Waals surface area contributed by atoms with Crippen molar-refractivity contribution in [2.45, 2.75) is 45.1 Å². The van der Waals surface area contributed by atoms with Crippen LogP contribution in [0.15, 0.2) is 6.07 Å².